The summed E-state index contributed by atoms with van der Waals surface area (Å²) in [4.78, 5) is 16.5. The van der Waals surface area contributed by atoms with Crippen molar-refractivity contribution in [2.75, 3.05) is 38.0 Å². The Morgan fingerprint density at radius 2 is 1.85 bits per heavy atom. The zero-order valence-electron chi connectivity index (χ0n) is 14.8. The number of piperazine rings is 1. The molecule has 0 spiro atoms. The Morgan fingerprint density at radius 3 is 2.46 bits per heavy atom. The maximum atomic E-state index is 12.9. The molecule has 26 heavy (non-hydrogen) atoms. The Morgan fingerprint density at radius 1 is 1.19 bits per heavy atom. The summed E-state index contributed by atoms with van der Waals surface area (Å²) in [5, 5.41) is 7.12. The van der Waals surface area contributed by atoms with Gasteiger partial charge in [0.25, 0.3) is 0 Å². The van der Waals surface area contributed by atoms with Crippen LogP contribution in [0, 0.1) is 10.6 Å². The van der Waals surface area contributed by atoms with Gasteiger partial charge in [-0.3, -0.25) is 14.6 Å². The lowest BCUT2D eigenvalue weighted by Gasteiger charge is -2.33. The lowest BCUT2D eigenvalue weighted by atomic mass is 10.3. The van der Waals surface area contributed by atoms with Crippen LogP contribution in [0.5, 0.6) is 0 Å². The van der Waals surface area contributed by atoms with Gasteiger partial charge < -0.3 is 9.88 Å². The quantitative estimate of drug-likeness (QED) is 0.777. The van der Waals surface area contributed by atoms with Gasteiger partial charge in [0.15, 0.2) is 4.77 Å². The number of carbonyl (C=O) groups is 1. The normalized spacial score (nSPS) is 15.9. The maximum absolute atomic E-state index is 12.9. The topological polar surface area (TPSA) is 58.3 Å². The van der Waals surface area contributed by atoms with E-state index >= 15 is 0 Å². The van der Waals surface area contributed by atoms with E-state index in [4.69, 9.17) is 12.2 Å². The lowest BCUT2D eigenvalue weighted by Crippen LogP contribution is -2.49. The zero-order valence-corrected chi connectivity index (χ0v) is 15.6. The fourth-order valence-corrected chi connectivity index (χ4v) is 3.18. The van der Waals surface area contributed by atoms with Gasteiger partial charge in [-0.05, 0) is 43.4 Å². The average molecular weight is 378 g/mol. The fourth-order valence-electron chi connectivity index (χ4n) is 2.90. The van der Waals surface area contributed by atoms with E-state index in [1.165, 1.54) is 12.1 Å². The highest BCUT2D eigenvalue weighted by molar-refractivity contribution is 7.71. The fraction of sp³-hybridized carbons (Fsp3) is 0.471. The molecule has 1 saturated heterocycles. The summed E-state index contributed by atoms with van der Waals surface area (Å²) in [6.07, 6.45) is 1.76. The summed E-state index contributed by atoms with van der Waals surface area (Å²) >= 11 is 5.39. The number of aryl methyl sites for hydroxylation is 1. The minimum atomic E-state index is -0.317. The standard InChI is InChI=1S/C17H23FN6OS/c1-2-23-12-19-24(17(23)26)13-22-9-7-21(8-10-22)11-16(25)20-15-5-3-14(18)4-6-15/h3-6,12H,2,7-11,13H2,1H3,(H,20,25). The van der Waals surface area contributed by atoms with Crippen LogP contribution < -0.4 is 5.32 Å². The summed E-state index contributed by atoms with van der Waals surface area (Å²) < 4.78 is 17.4. The van der Waals surface area contributed by atoms with Gasteiger partial charge in [0.1, 0.15) is 12.1 Å². The second-order valence-electron chi connectivity index (χ2n) is 6.29. The monoisotopic (exact) mass is 378 g/mol. The molecule has 2 heterocycles. The van der Waals surface area contributed by atoms with Crippen LogP contribution >= 0.6 is 12.2 Å². The van der Waals surface area contributed by atoms with Crippen molar-refractivity contribution in [3.8, 4) is 0 Å². The number of anilines is 1. The predicted molar refractivity (Wildman–Crippen MR) is 99.8 cm³/mol. The molecule has 1 amide bonds. The largest absolute Gasteiger partial charge is 0.325 e. The Bertz CT molecular complexity index is 794. The van der Waals surface area contributed by atoms with Gasteiger partial charge in [0.2, 0.25) is 5.91 Å². The lowest BCUT2D eigenvalue weighted by molar-refractivity contribution is -0.117. The first-order valence-electron chi connectivity index (χ1n) is 8.67. The van der Waals surface area contributed by atoms with Crippen LogP contribution in [0.4, 0.5) is 10.1 Å². The number of benzene rings is 1. The molecule has 9 heteroatoms. The van der Waals surface area contributed by atoms with E-state index < -0.39 is 0 Å². The van der Waals surface area contributed by atoms with Crippen molar-refractivity contribution in [3.05, 3.63) is 41.2 Å². The zero-order chi connectivity index (χ0) is 18.5. The molecule has 2 aromatic rings. The molecule has 140 valence electrons. The molecule has 0 bridgehead atoms. The molecule has 0 atom stereocenters. The van der Waals surface area contributed by atoms with Crippen molar-refractivity contribution in [1.29, 1.82) is 0 Å². The summed E-state index contributed by atoms with van der Waals surface area (Å²) in [7, 11) is 0. The summed E-state index contributed by atoms with van der Waals surface area (Å²) in [5.41, 5.74) is 0.607. The highest BCUT2D eigenvalue weighted by Crippen LogP contribution is 2.09. The van der Waals surface area contributed by atoms with Crippen molar-refractivity contribution in [2.24, 2.45) is 0 Å². The van der Waals surface area contributed by atoms with E-state index in [0.717, 1.165) is 37.5 Å². The number of nitrogens with zero attached hydrogens (tertiary/aromatic N) is 5. The highest BCUT2D eigenvalue weighted by atomic mass is 32.1. The Labute approximate surface area is 157 Å². The summed E-state index contributed by atoms with van der Waals surface area (Å²) in [6, 6.07) is 5.78. The molecule has 1 aromatic carbocycles. The third kappa shape index (κ3) is 4.75. The van der Waals surface area contributed by atoms with Crippen LogP contribution in [0.2, 0.25) is 0 Å². The van der Waals surface area contributed by atoms with Crippen molar-refractivity contribution in [1.82, 2.24) is 24.1 Å². The van der Waals surface area contributed by atoms with Crippen LogP contribution in [0.3, 0.4) is 0 Å². The van der Waals surface area contributed by atoms with Crippen LogP contribution in [0.1, 0.15) is 6.92 Å². The van der Waals surface area contributed by atoms with Gasteiger partial charge in [-0.25, -0.2) is 9.07 Å². The molecule has 0 unspecified atom stereocenters. The first-order chi connectivity index (χ1) is 12.5. The summed E-state index contributed by atoms with van der Waals surface area (Å²) in [5.74, 6) is -0.406. The number of hydrogen-bond acceptors (Lipinski definition) is 5. The molecule has 1 aliphatic heterocycles. The second kappa shape index (κ2) is 8.52. The van der Waals surface area contributed by atoms with E-state index in [2.05, 4.69) is 20.2 Å². The van der Waals surface area contributed by atoms with Gasteiger partial charge in [0.05, 0.1) is 13.2 Å². The van der Waals surface area contributed by atoms with E-state index in [1.807, 2.05) is 16.2 Å². The molecule has 7 nitrogen and oxygen atoms in total. The number of halogens is 1. The summed E-state index contributed by atoms with van der Waals surface area (Å²) in [6.45, 7) is 7.16. The number of carbonyl (C=O) groups excluding carboxylic acids is 1. The molecular formula is C17H23FN6OS. The third-order valence-corrected chi connectivity index (χ3v) is 4.88. The smallest absolute Gasteiger partial charge is 0.238 e. The molecule has 1 aliphatic rings. The molecule has 3 rings (SSSR count). The number of amides is 1. The Hall–Kier alpha value is -2.10. The number of rotatable bonds is 6. The predicted octanol–water partition coefficient (Wildman–Crippen LogP) is 1.79. The van der Waals surface area contributed by atoms with E-state index in [1.54, 1.807) is 18.5 Å². The molecule has 0 saturated carbocycles. The SMILES string of the molecule is CCn1cnn(CN2CCN(CC(=O)Nc3ccc(F)cc3)CC2)c1=S. The van der Waals surface area contributed by atoms with Gasteiger partial charge in [-0.2, -0.15) is 5.10 Å². The maximum Gasteiger partial charge on any atom is 0.238 e. The molecule has 1 N–H and O–H groups in total. The van der Waals surface area contributed by atoms with Gasteiger partial charge in [-0.15, -0.1) is 0 Å². The Balaban J connectivity index is 1.44. The number of hydrogen-bond donors (Lipinski definition) is 1. The minimum Gasteiger partial charge on any atom is -0.325 e. The van der Waals surface area contributed by atoms with Gasteiger partial charge in [-0.1, -0.05) is 0 Å². The highest BCUT2D eigenvalue weighted by Gasteiger charge is 2.19. The second-order valence-corrected chi connectivity index (χ2v) is 6.65. The molecular weight excluding hydrogens is 355 g/mol. The molecule has 0 radical (unpaired) electrons. The van der Waals surface area contributed by atoms with Crippen molar-refractivity contribution < 1.29 is 9.18 Å². The third-order valence-electron chi connectivity index (χ3n) is 4.43. The average Bonchev–Trinajstić information content (AvgIpc) is 2.98. The minimum absolute atomic E-state index is 0.0889. The first kappa shape index (κ1) is 18.7. The van der Waals surface area contributed by atoms with Gasteiger partial charge >= 0.3 is 0 Å². The molecule has 1 aromatic heterocycles. The van der Waals surface area contributed by atoms with E-state index in [0.29, 0.717) is 18.9 Å². The van der Waals surface area contributed by atoms with Crippen molar-refractivity contribution >= 4 is 23.8 Å². The van der Waals surface area contributed by atoms with Crippen LogP contribution in [0.25, 0.3) is 0 Å². The van der Waals surface area contributed by atoms with E-state index in [9.17, 15) is 9.18 Å². The van der Waals surface area contributed by atoms with Crippen LogP contribution in [-0.2, 0) is 18.0 Å². The number of aromatic nitrogens is 3. The first-order valence-corrected chi connectivity index (χ1v) is 9.08. The van der Waals surface area contributed by atoms with Crippen molar-refractivity contribution in [3.63, 3.8) is 0 Å². The van der Waals surface area contributed by atoms with Gasteiger partial charge in [0, 0.05) is 38.4 Å². The molecule has 0 aliphatic carbocycles. The Kier molecular flexibility index (Phi) is 6.12. The van der Waals surface area contributed by atoms with E-state index in [-0.39, 0.29) is 11.7 Å². The van der Waals surface area contributed by atoms with Crippen LogP contribution in [0.15, 0.2) is 30.6 Å². The van der Waals surface area contributed by atoms with Crippen molar-refractivity contribution in [2.45, 2.75) is 20.1 Å². The van der Waals surface area contributed by atoms with Crippen LogP contribution in [-0.4, -0.2) is 62.8 Å². The molecule has 1 fully saturated rings. The number of nitrogens with one attached hydrogen (secondary N) is 1.